The van der Waals surface area contributed by atoms with Gasteiger partial charge in [0.2, 0.25) is 10.0 Å². The van der Waals surface area contributed by atoms with Gasteiger partial charge in [0.15, 0.2) is 5.16 Å². The molecule has 1 aromatic heterocycles. The minimum Gasteiger partial charge on any atom is -0.316 e. The maximum atomic E-state index is 14.2. The first kappa shape index (κ1) is 22.9. The Morgan fingerprint density at radius 1 is 1.09 bits per heavy atom. The molecule has 5 nitrogen and oxygen atoms in total. The summed E-state index contributed by atoms with van der Waals surface area (Å²) < 4.78 is 44.7. The van der Waals surface area contributed by atoms with Crippen LogP contribution in [0.4, 0.5) is 4.39 Å². The molecule has 1 unspecified atom stereocenters. The van der Waals surface area contributed by atoms with Gasteiger partial charge in [-0.25, -0.2) is 17.8 Å². The number of sulfonamides is 1. The molecule has 2 aliphatic rings. The summed E-state index contributed by atoms with van der Waals surface area (Å²) in [4.78, 5) is 5.17. The molecule has 1 atom stereocenters. The highest BCUT2D eigenvalue weighted by Gasteiger charge is 2.30. The molecule has 1 saturated heterocycles. The summed E-state index contributed by atoms with van der Waals surface area (Å²) in [5.41, 5.74) is 2.31. The van der Waals surface area contributed by atoms with Crippen LogP contribution in [0.3, 0.4) is 0 Å². The molecule has 0 amide bonds. The molecule has 0 N–H and O–H groups in total. The fraction of sp³-hybridized carbons (Fsp3) is 0.480. The van der Waals surface area contributed by atoms with Crippen molar-refractivity contribution in [3.63, 3.8) is 0 Å². The van der Waals surface area contributed by atoms with Crippen LogP contribution in [0.2, 0.25) is 0 Å². The topological polar surface area (TPSA) is 55.2 Å². The minimum atomic E-state index is -3.54. The Kier molecular flexibility index (Phi) is 6.51. The molecule has 8 heteroatoms. The van der Waals surface area contributed by atoms with Crippen molar-refractivity contribution in [3.8, 4) is 0 Å². The lowest BCUT2D eigenvalue weighted by Gasteiger charge is -2.30. The van der Waals surface area contributed by atoms with Crippen molar-refractivity contribution < 1.29 is 12.8 Å². The summed E-state index contributed by atoms with van der Waals surface area (Å²) >= 11 is 1.52. The highest BCUT2D eigenvalue weighted by molar-refractivity contribution is 7.98. The van der Waals surface area contributed by atoms with Gasteiger partial charge in [-0.05, 0) is 61.4 Å². The second-order valence-electron chi connectivity index (χ2n) is 9.34. The number of halogens is 1. The van der Waals surface area contributed by atoms with Gasteiger partial charge in [0.25, 0.3) is 0 Å². The van der Waals surface area contributed by atoms with E-state index in [4.69, 9.17) is 4.98 Å². The zero-order valence-electron chi connectivity index (χ0n) is 18.9. The summed E-state index contributed by atoms with van der Waals surface area (Å²) in [6.45, 7) is 3.25. The molecule has 1 aliphatic carbocycles. The third-order valence-corrected chi connectivity index (χ3v) is 9.75. The predicted molar refractivity (Wildman–Crippen MR) is 130 cm³/mol. The SMILES string of the molecule is CC1CCCN(S(=O)(=O)c2ccc3c(c2)nc(SCc2ccccc2F)n3C2CCCC2)C1. The maximum absolute atomic E-state index is 14.2. The largest absolute Gasteiger partial charge is 0.316 e. The van der Waals surface area contributed by atoms with E-state index >= 15 is 0 Å². The lowest BCUT2D eigenvalue weighted by atomic mass is 10.0. The van der Waals surface area contributed by atoms with Crippen LogP contribution >= 0.6 is 11.8 Å². The fourth-order valence-electron chi connectivity index (χ4n) is 5.11. The maximum Gasteiger partial charge on any atom is 0.243 e. The minimum absolute atomic E-state index is 0.210. The second kappa shape index (κ2) is 9.39. The number of piperidine rings is 1. The van der Waals surface area contributed by atoms with Gasteiger partial charge >= 0.3 is 0 Å². The van der Waals surface area contributed by atoms with Crippen LogP contribution in [0.5, 0.6) is 0 Å². The Morgan fingerprint density at radius 2 is 1.88 bits per heavy atom. The third-order valence-electron chi connectivity index (χ3n) is 6.89. The number of benzene rings is 2. The van der Waals surface area contributed by atoms with Crippen LogP contribution in [-0.4, -0.2) is 35.4 Å². The van der Waals surface area contributed by atoms with E-state index in [0.717, 1.165) is 36.4 Å². The van der Waals surface area contributed by atoms with E-state index in [2.05, 4.69) is 11.5 Å². The number of fused-ring (bicyclic) bond motifs is 1. The van der Waals surface area contributed by atoms with Gasteiger partial charge in [-0.2, -0.15) is 4.31 Å². The highest BCUT2D eigenvalue weighted by atomic mass is 32.2. The Labute approximate surface area is 199 Å². The molecular formula is C25H30FN3O2S2. The fourth-order valence-corrected chi connectivity index (χ4v) is 7.79. The van der Waals surface area contributed by atoms with Gasteiger partial charge in [-0.3, -0.25) is 0 Å². The van der Waals surface area contributed by atoms with E-state index in [0.29, 0.717) is 46.8 Å². The molecule has 1 aliphatic heterocycles. The molecule has 2 heterocycles. The van der Waals surface area contributed by atoms with Crippen LogP contribution < -0.4 is 0 Å². The number of hydrogen-bond acceptors (Lipinski definition) is 4. The van der Waals surface area contributed by atoms with Crippen LogP contribution in [0.25, 0.3) is 11.0 Å². The van der Waals surface area contributed by atoms with E-state index < -0.39 is 10.0 Å². The first-order chi connectivity index (χ1) is 15.9. The quantitative estimate of drug-likeness (QED) is 0.400. The van der Waals surface area contributed by atoms with Gasteiger partial charge < -0.3 is 4.57 Å². The molecule has 2 fully saturated rings. The summed E-state index contributed by atoms with van der Waals surface area (Å²) in [7, 11) is -3.54. The molecular weight excluding hydrogens is 457 g/mol. The number of nitrogens with zero attached hydrogens (tertiary/aromatic N) is 3. The summed E-state index contributed by atoms with van der Waals surface area (Å²) in [6, 6.07) is 12.5. The molecule has 5 rings (SSSR count). The normalized spacial score (nSPS) is 20.6. The van der Waals surface area contributed by atoms with Crippen molar-refractivity contribution >= 4 is 32.8 Å². The zero-order valence-corrected chi connectivity index (χ0v) is 20.5. The van der Waals surface area contributed by atoms with Crippen LogP contribution in [-0.2, 0) is 15.8 Å². The first-order valence-corrected chi connectivity index (χ1v) is 14.2. The van der Waals surface area contributed by atoms with E-state index in [-0.39, 0.29) is 5.82 Å². The molecule has 1 saturated carbocycles. The van der Waals surface area contributed by atoms with E-state index in [1.54, 1.807) is 28.6 Å². The van der Waals surface area contributed by atoms with Crippen LogP contribution in [0.15, 0.2) is 52.5 Å². The van der Waals surface area contributed by atoms with Crippen LogP contribution in [0.1, 0.15) is 57.1 Å². The molecule has 33 heavy (non-hydrogen) atoms. The van der Waals surface area contributed by atoms with E-state index in [1.165, 1.54) is 30.7 Å². The molecule has 0 radical (unpaired) electrons. The smallest absolute Gasteiger partial charge is 0.243 e. The average Bonchev–Trinajstić information content (AvgIpc) is 3.45. The van der Waals surface area contributed by atoms with Gasteiger partial charge in [-0.15, -0.1) is 0 Å². The number of thioether (sulfide) groups is 1. The molecule has 0 spiro atoms. The first-order valence-electron chi connectivity index (χ1n) is 11.8. The summed E-state index contributed by atoms with van der Waals surface area (Å²) in [6.07, 6.45) is 6.51. The summed E-state index contributed by atoms with van der Waals surface area (Å²) in [5, 5.41) is 0.835. The second-order valence-corrected chi connectivity index (χ2v) is 12.2. The van der Waals surface area contributed by atoms with Gasteiger partial charge in [-0.1, -0.05) is 49.7 Å². The Balaban J connectivity index is 1.50. The molecule has 2 aromatic carbocycles. The Hall–Kier alpha value is -1.90. The Bertz CT molecular complexity index is 1250. The number of rotatable bonds is 6. The third kappa shape index (κ3) is 4.57. The molecule has 176 valence electrons. The van der Waals surface area contributed by atoms with Gasteiger partial charge in [0.1, 0.15) is 5.82 Å². The standard InChI is InChI=1S/C25H30FN3O2S2/c1-18-7-6-14-28(16-18)33(30,31)21-12-13-24-23(15-21)27-25(29(24)20-9-3-4-10-20)32-17-19-8-2-5-11-22(19)26/h2,5,8,11-13,15,18,20H,3-4,6-7,9-10,14,16-17H2,1H3. The van der Waals surface area contributed by atoms with E-state index in [9.17, 15) is 12.8 Å². The lowest BCUT2D eigenvalue weighted by molar-refractivity contribution is 0.281. The molecule has 0 bridgehead atoms. The van der Waals surface area contributed by atoms with Crippen molar-refractivity contribution in [2.24, 2.45) is 5.92 Å². The number of imidazole rings is 1. The Morgan fingerprint density at radius 3 is 2.64 bits per heavy atom. The van der Waals surface area contributed by atoms with Crippen molar-refractivity contribution in [3.05, 3.63) is 53.8 Å². The lowest BCUT2D eigenvalue weighted by Crippen LogP contribution is -2.39. The monoisotopic (exact) mass is 487 g/mol. The van der Waals surface area contributed by atoms with Crippen molar-refractivity contribution in [2.75, 3.05) is 13.1 Å². The molecule has 3 aromatic rings. The number of hydrogen-bond donors (Lipinski definition) is 0. The average molecular weight is 488 g/mol. The van der Waals surface area contributed by atoms with Gasteiger partial charge in [0, 0.05) is 24.9 Å². The highest BCUT2D eigenvalue weighted by Crippen LogP contribution is 2.38. The van der Waals surface area contributed by atoms with Crippen LogP contribution in [0, 0.1) is 11.7 Å². The van der Waals surface area contributed by atoms with Crippen molar-refractivity contribution in [1.29, 1.82) is 0 Å². The number of aromatic nitrogens is 2. The summed E-state index contributed by atoms with van der Waals surface area (Å²) in [5.74, 6) is 0.650. The predicted octanol–water partition coefficient (Wildman–Crippen LogP) is 6.00. The zero-order chi connectivity index (χ0) is 23.0. The van der Waals surface area contributed by atoms with Gasteiger partial charge in [0.05, 0.1) is 15.9 Å². The van der Waals surface area contributed by atoms with E-state index in [1.807, 2.05) is 12.1 Å². The van der Waals surface area contributed by atoms with Crippen molar-refractivity contribution in [2.45, 2.75) is 67.3 Å². The van der Waals surface area contributed by atoms with Crippen molar-refractivity contribution in [1.82, 2.24) is 13.9 Å².